The molecule has 0 unspecified atom stereocenters. The predicted molar refractivity (Wildman–Crippen MR) is 81.7 cm³/mol. The quantitative estimate of drug-likeness (QED) is 0.243. The van der Waals surface area contributed by atoms with Crippen molar-refractivity contribution < 1.29 is 10.1 Å². The zero-order valence-corrected chi connectivity index (χ0v) is 15.1. The van der Waals surface area contributed by atoms with Crippen molar-refractivity contribution in [3.8, 4) is 0 Å². The van der Waals surface area contributed by atoms with E-state index in [-0.39, 0.29) is 37.1 Å². The molecule has 0 N–H and O–H groups in total. The van der Waals surface area contributed by atoms with Crippen molar-refractivity contribution in [3.05, 3.63) is 61.4 Å². The second-order valence-corrected chi connectivity index (χ2v) is 14.4. The van der Waals surface area contributed by atoms with Gasteiger partial charge in [-0.1, -0.05) is 0 Å². The zero-order chi connectivity index (χ0) is 6.24. The zero-order valence-electron chi connectivity index (χ0n) is 9.05. The number of hydrogen-bond donors (Lipinski definition) is 0. The van der Waals surface area contributed by atoms with Gasteiger partial charge in [0, 0.05) is 0 Å². The second kappa shape index (κ2) is 37.4. The van der Waals surface area contributed by atoms with E-state index in [0.717, 1.165) is 6.42 Å². The summed E-state index contributed by atoms with van der Waals surface area (Å²) in [7, 11) is 0.650. The molecule has 0 bridgehead atoms. The molecule has 0 nitrogen and oxygen atoms in total. The third kappa shape index (κ3) is 42.1. The normalized spacial score (nSPS) is 8.46. The number of rotatable bonds is 0. The summed E-state index contributed by atoms with van der Waals surface area (Å²) in [4.78, 5) is 0. The Hall–Kier alpha value is 1.56. The number of halogens is 2. The summed E-state index contributed by atoms with van der Waals surface area (Å²) < 4.78 is 0. The van der Waals surface area contributed by atoms with Gasteiger partial charge in [0.1, 0.15) is 0 Å². The fraction of sp³-hybridized carbons (Fsp3) is 0.100. The molecule has 0 atom stereocenters. The van der Waals surface area contributed by atoms with Crippen LogP contribution in [0.2, 0.25) is 0 Å². The number of hydrogen-bond acceptors (Lipinski definition) is 0. The van der Waals surface area contributed by atoms with Crippen LogP contribution in [0.3, 0.4) is 0 Å². The first-order valence-electron chi connectivity index (χ1n) is 1.98. The molecule has 0 aliphatic heterocycles. The van der Waals surface area contributed by atoms with E-state index in [1.165, 1.54) is 0 Å². The molecule has 0 saturated heterocycles. The van der Waals surface area contributed by atoms with Crippen molar-refractivity contribution in [2.45, 2.75) is 6.42 Å². The Labute approximate surface area is 116 Å². The topological polar surface area (TPSA) is 0 Å². The molecule has 0 fully saturated rings. The van der Waals surface area contributed by atoms with E-state index in [1.54, 1.807) is 0 Å². The van der Waals surface area contributed by atoms with Gasteiger partial charge in [-0.15, -0.1) is 6.42 Å². The average molecular weight is 495 g/mol. The molecule has 0 spiro atoms. The van der Waals surface area contributed by atoms with E-state index < -0.39 is 0 Å². The van der Waals surface area contributed by atoms with Crippen LogP contribution in [0.25, 0.3) is 0 Å². The van der Waals surface area contributed by atoms with Crippen LogP contribution < -0.4 is 0 Å². The molecule has 3 heteroatoms. The van der Waals surface area contributed by atoms with Gasteiger partial charge in [0.05, 0.1) is 0 Å². The summed E-state index contributed by atoms with van der Waals surface area (Å²) in [5.41, 5.74) is 0. The van der Waals surface area contributed by atoms with Crippen molar-refractivity contribution in [1.82, 2.24) is 0 Å². The Morgan fingerprint density at radius 2 is 1.38 bits per heavy atom. The summed E-state index contributed by atoms with van der Waals surface area (Å²) in [6.07, 6.45) is 10.0. The SMILES string of the molecule is [C-]1=CC=CC1.[CH3-].[CH3-].[CH3-].[CH3-].[CH3-].[I][Ru][I]. The van der Waals surface area contributed by atoms with Gasteiger partial charge in [-0.2, -0.15) is 6.08 Å². The second-order valence-electron chi connectivity index (χ2n) is 1.05. The molecule has 1 rings (SSSR count). The first-order chi connectivity index (χ1) is 3.91. The minimum absolute atomic E-state index is 0. The Morgan fingerprint density at radius 3 is 1.46 bits per heavy atom. The molecule has 0 aromatic heterocycles. The minimum atomic E-state index is 0. The molecule has 0 saturated carbocycles. The van der Waals surface area contributed by atoms with E-state index in [1.807, 2.05) is 12.2 Å². The summed E-state index contributed by atoms with van der Waals surface area (Å²) in [6.45, 7) is 0. The Morgan fingerprint density at radius 1 is 1.00 bits per heavy atom. The molecule has 1 aliphatic rings. The van der Waals surface area contributed by atoms with Gasteiger partial charge in [-0.3, -0.25) is 6.08 Å². The Balaban J connectivity index is -0.0000000144. The third-order valence-corrected chi connectivity index (χ3v) is 0.586. The van der Waals surface area contributed by atoms with Crippen LogP contribution in [0.4, 0.5) is 0 Å². The van der Waals surface area contributed by atoms with Crippen molar-refractivity contribution in [2.75, 3.05) is 0 Å². The molecule has 0 amide bonds. The van der Waals surface area contributed by atoms with Gasteiger partial charge in [-0.05, 0) is 0 Å². The van der Waals surface area contributed by atoms with Crippen LogP contribution in [0.15, 0.2) is 18.2 Å². The van der Waals surface area contributed by atoms with Gasteiger partial charge >= 0.3 is 49.6 Å². The molecule has 0 aromatic rings. The van der Waals surface area contributed by atoms with Crippen molar-refractivity contribution in [2.24, 2.45) is 0 Å². The van der Waals surface area contributed by atoms with Gasteiger partial charge in [0.2, 0.25) is 0 Å². The van der Waals surface area contributed by atoms with Crippen LogP contribution >= 0.6 is 39.5 Å². The maximum absolute atomic E-state index is 2.99. The summed E-state index contributed by atoms with van der Waals surface area (Å²) in [5, 5.41) is 0. The van der Waals surface area contributed by atoms with Crippen LogP contribution in [0, 0.1) is 43.2 Å². The molecule has 13 heavy (non-hydrogen) atoms. The molecule has 0 heterocycles. The summed E-state index contributed by atoms with van der Waals surface area (Å²) in [6, 6.07) is 0. The van der Waals surface area contributed by atoms with Gasteiger partial charge < -0.3 is 37.1 Å². The van der Waals surface area contributed by atoms with Crippen molar-refractivity contribution >= 4 is 39.5 Å². The first-order valence-corrected chi connectivity index (χ1v) is 12.3. The van der Waals surface area contributed by atoms with Crippen LogP contribution in [0.1, 0.15) is 6.42 Å². The fourth-order valence-electron chi connectivity index (χ4n) is 0.340. The van der Waals surface area contributed by atoms with Crippen molar-refractivity contribution in [3.63, 3.8) is 0 Å². The fourth-order valence-corrected chi connectivity index (χ4v) is 0.340. The number of allylic oxidation sites excluding steroid dienone is 4. The van der Waals surface area contributed by atoms with Crippen LogP contribution in [-0.4, -0.2) is 0 Å². The van der Waals surface area contributed by atoms with E-state index in [4.69, 9.17) is 0 Å². The Bertz CT molecular complexity index is 80.9. The van der Waals surface area contributed by atoms with Gasteiger partial charge in [0.25, 0.3) is 0 Å². The molecule has 0 radical (unpaired) electrons. The summed E-state index contributed by atoms with van der Waals surface area (Å²) in [5.74, 6) is 0. The standard InChI is InChI=1S/C5H5.5CH3.2HI.Ru/c1-2-4-5-3-1;;;;;;;;/h1-3H,4H2;5*1H3;2*1H;/q6*-1;;;+2/p-2. The van der Waals surface area contributed by atoms with E-state index in [9.17, 15) is 0 Å². The molecule has 88 valence electrons. The summed E-state index contributed by atoms with van der Waals surface area (Å²) >= 11 is 4.73. The molecule has 0 aromatic carbocycles. The van der Waals surface area contributed by atoms with Crippen LogP contribution in [0.5, 0.6) is 0 Å². The third-order valence-electron chi connectivity index (χ3n) is 0.586. The maximum atomic E-state index is 2.99. The van der Waals surface area contributed by atoms with Crippen molar-refractivity contribution in [1.29, 1.82) is 0 Å². The molecular weight excluding hydrogens is 475 g/mol. The predicted octanol–water partition coefficient (Wildman–Crippen LogP) is 5.33. The van der Waals surface area contributed by atoms with E-state index in [0.29, 0.717) is 10.1 Å². The molecule has 1 aliphatic carbocycles. The molecular formula is C10H20I2Ru-6. The van der Waals surface area contributed by atoms with Crippen LogP contribution in [-0.2, 0) is 10.1 Å². The van der Waals surface area contributed by atoms with Gasteiger partial charge in [-0.25, -0.2) is 12.2 Å². The Kier molecular flexibility index (Phi) is 105. The average Bonchev–Trinajstić information content (AvgIpc) is 2.17. The van der Waals surface area contributed by atoms with E-state index >= 15 is 0 Å². The monoisotopic (exact) mass is 496 g/mol. The first kappa shape index (κ1) is 36.5. The van der Waals surface area contributed by atoms with Gasteiger partial charge in [0.15, 0.2) is 0 Å². The van der Waals surface area contributed by atoms with E-state index in [2.05, 4.69) is 51.7 Å².